The summed E-state index contributed by atoms with van der Waals surface area (Å²) in [5.74, 6) is 1.69. The first-order chi connectivity index (χ1) is 4.84. The molecule has 0 bridgehead atoms. The van der Waals surface area contributed by atoms with Crippen molar-refractivity contribution in [1.29, 1.82) is 0 Å². The van der Waals surface area contributed by atoms with E-state index in [1.54, 1.807) is 0 Å². The van der Waals surface area contributed by atoms with Gasteiger partial charge in [0.15, 0.2) is 0 Å². The van der Waals surface area contributed by atoms with Gasteiger partial charge in [-0.15, -0.1) is 0 Å². The third-order valence-electron chi connectivity index (χ3n) is 3.93. The molecule has 0 aromatic heterocycles. The zero-order valence-electron chi connectivity index (χ0n) is 8.86. The molecule has 1 fully saturated rings. The van der Waals surface area contributed by atoms with Gasteiger partial charge in [0.05, 0.1) is 0 Å². The SMILES string of the molecule is CC(C)C1(C(C)C)CC1(C)C. The normalized spacial score (nSPS) is 26.2. The molecule has 0 heterocycles. The summed E-state index contributed by atoms with van der Waals surface area (Å²) in [5.41, 5.74) is 1.25. The van der Waals surface area contributed by atoms with Gasteiger partial charge in [0.1, 0.15) is 0 Å². The van der Waals surface area contributed by atoms with Gasteiger partial charge >= 0.3 is 0 Å². The molecule has 0 aliphatic heterocycles. The van der Waals surface area contributed by atoms with Crippen LogP contribution in [0.5, 0.6) is 0 Å². The fourth-order valence-electron chi connectivity index (χ4n) is 3.32. The predicted molar refractivity (Wildman–Crippen MR) is 50.5 cm³/mol. The van der Waals surface area contributed by atoms with Crippen LogP contribution < -0.4 is 0 Å². The van der Waals surface area contributed by atoms with Crippen molar-refractivity contribution in [1.82, 2.24) is 0 Å². The molecule has 0 nitrogen and oxygen atoms in total. The van der Waals surface area contributed by atoms with Crippen molar-refractivity contribution in [2.75, 3.05) is 0 Å². The van der Waals surface area contributed by atoms with E-state index in [-0.39, 0.29) is 0 Å². The minimum absolute atomic E-state index is 0.606. The van der Waals surface area contributed by atoms with Gasteiger partial charge in [-0.1, -0.05) is 41.5 Å². The minimum atomic E-state index is 0.606. The maximum absolute atomic E-state index is 2.41. The van der Waals surface area contributed by atoms with E-state index in [0.29, 0.717) is 10.8 Å². The summed E-state index contributed by atoms with van der Waals surface area (Å²) in [7, 11) is 0. The highest BCUT2D eigenvalue weighted by Crippen LogP contribution is 2.71. The van der Waals surface area contributed by atoms with Crippen LogP contribution in [0, 0.1) is 22.7 Å². The molecule has 1 saturated carbocycles. The molecule has 1 aliphatic rings. The topological polar surface area (TPSA) is 0 Å². The predicted octanol–water partition coefficient (Wildman–Crippen LogP) is 3.71. The van der Waals surface area contributed by atoms with Crippen LogP contribution in [0.1, 0.15) is 48.0 Å². The highest BCUT2D eigenvalue weighted by molar-refractivity contribution is 5.12. The van der Waals surface area contributed by atoms with Gasteiger partial charge in [-0.3, -0.25) is 0 Å². The van der Waals surface area contributed by atoms with Gasteiger partial charge in [0.25, 0.3) is 0 Å². The summed E-state index contributed by atoms with van der Waals surface area (Å²) in [5, 5.41) is 0. The van der Waals surface area contributed by atoms with Crippen molar-refractivity contribution < 1.29 is 0 Å². The Morgan fingerprint density at radius 1 is 0.909 bits per heavy atom. The molecule has 0 unspecified atom stereocenters. The monoisotopic (exact) mass is 154 g/mol. The first-order valence-electron chi connectivity index (χ1n) is 4.84. The summed E-state index contributed by atoms with van der Waals surface area (Å²) < 4.78 is 0. The molecule has 0 amide bonds. The zero-order chi connectivity index (χ0) is 8.86. The molecule has 0 heteroatoms. The lowest BCUT2D eigenvalue weighted by Crippen LogP contribution is -2.22. The molecule has 0 aromatic rings. The molecule has 0 saturated heterocycles. The first-order valence-corrected chi connectivity index (χ1v) is 4.84. The quantitative estimate of drug-likeness (QED) is 0.568. The summed E-state index contributed by atoms with van der Waals surface area (Å²) in [4.78, 5) is 0. The Morgan fingerprint density at radius 3 is 1.18 bits per heavy atom. The lowest BCUT2D eigenvalue weighted by molar-refractivity contribution is 0.198. The summed E-state index contributed by atoms with van der Waals surface area (Å²) >= 11 is 0. The van der Waals surface area contributed by atoms with E-state index < -0.39 is 0 Å². The Morgan fingerprint density at radius 2 is 1.18 bits per heavy atom. The largest absolute Gasteiger partial charge is 0.0622 e. The van der Waals surface area contributed by atoms with E-state index in [9.17, 15) is 0 Å². The average Bonchev–Trinajstić information content (AvgIpc) is 2.35. The highest BCUT2D eigenvalue weighted by Gasteiger charge is 2.63. The van der Waals surface area contributed by atoms with Gasteiger partial charge in [-0.25, -0.2) is 0 Å². The Kier molecular flexibility index (Phi) is 1.85. The fourth-order valence-corrected chi connectivity index (χ4v) is 3.32. The van der Waals surface area contributed by atoms with Gasteiger partial charge in [-0.05, 0) is 29.1 Å². The maximum atomic E-state index is 2.41. The second-order valence-corrected chi connectivity index (χ2v) is 5.41. The Balaban J connectivity index is 2.80. The Labute approximate surface area is 71.4 Å². The molecule has 66 valence electrons. The second-order valence-electron chi connectivity index (χ2n) is 5.41. The third-order valence-corrected chi connectivity index (χ3v) is 3.93. The lowest BCUT2D eigenvalue weighted by atomic mass is 9.76. The van der Waals surface area contributed by atoms with Gasteiger partial charge in [-0.2, -0.15) is 0 Å². The van der Waals surface area contributed by atoms with Crippen molar-refractivity contribution in [2.24, 2.45) is 22.7 Å². The van der Waals surface area contributed by atoms with Crippen LogP contribution in [0.4, 0.5) is 0 Å². The van der Waals surface area contributed by atoms with Crippen LogP contribution in [0.15, 0.2) is 0 Å². The van der Waals surface area contributed by atoms with Crippen molar-refractivity contribution in [3.8, 4) is 0 Å². The molecular formula is C11H22. The van der Waals surface area contributed by atoms with Gasteiger partial charge < -0.3 is 0 Å². The minimum Gasteiger partial charge on any atom is -0.0622 e. The van der Waals surface area contributed by atoms with E-state index in [0.717, 1.165) is 11.8 Å². The first kappa shape index (κ1) is 9.09. The van der Waals surface area contributed by atoms with Crippen LogP contribution in [-0.2, 0) is 0 Å². The molecule has 0 aromatic carbocycles. The average molecular weight is 154 g/mol. The van der Waals surface area contributed by atoms with Gasteiger partial charge in [0.2, 0.25) is 0 Å². The fraction of sp³-hybridized carbons (Fsp3) is 1.00. The number of hydrogen-bond acceptors (Lipinski definition) is 0. The van der Waals surface area contributed by atoms with Gasteiger partial charge in [0, 0.05) is 0 Å². The standard InChI is InChI=1S/C11H22/c1-8(2)11(9(3)4)7-10(11,5)6/h8-9H,7H2,1-6H3. The Hall–Kier alpha value is 0. The molecule has 1 rings (SSSR count). The van der Waals surface area contributed by atoms with E-state index >= 15 is 0 Å². The van der Waals surface area contributed by atoms with E-state index in [2.05, 4.69) is 41.5 Å². The molecule has 0 N–H and O–H groups in total. The van der Waals surface area contributed by atoms with Crippen molar-refractivity contribution in [3.63, 3.8) is 0 Å². The highest BCUT2D eigenvalue weighted by atomic mass is 14.7. The third kappa shape index (κ3) is 1.02. The number of rotatable bonds is 2. The lowest BCUT2D eigenvalue weighted by Gasteiger charge is -2.29. The smallest absolute Gasteiger partial charge is 0.0195 e. The second kappa shape index (κ2) is 2.24. The molecule has 0 radical (unpaired) electrons. The molecule has 0 spiro atoms. The summed E-state index contributed by atoms with van der Waals surface area (Å²) in [6.07, 6.45) is 1.43. The van der Waals surface area contributed by atoms with Crippen LogP contribution in [0.2, 0.25) is 0 Å². The van der Waals surface area contributed by atoms with E-state index in [4.69, 9.17) is 0 Å². The van der Waals surface area contributed by atoms with Crippen molar-refractivity contribution in [2.45, 2.75) is 48.0 Å². The van der Waals surface area contributed by atoms with Crippen LogP contribution >= 0.6 is 0 Å². The summed E-state index contributed by atoms with van der Waals surface area (Å²) in [6, 6.07) is 0. The van der Waals surface area contributed by atoms with Crippen molar-refractivity contribution >= 4 is 0 Å². The van der Waals surface area contributed by atoms with Crippen LogP contribution in [-0.4, -0.2) is 0 Å². The van der Waals surface area contributed by atoms with E-state index in [1.807, 2.05) is 0 Å². The molecule has 1 aliphatic carbocycles. The summed E-state index contributed by atoms with van der Waals surface area (Å²) in [6.45, 7) is 14.3. The maximum Gasteiger partial charge on any atom is -0.0195 e. The van der Waals surface area contributed by atoms with Crippen LogP contribution in [0.25, 0.3) is 0 Å². The van der Waals surface area contributed by atoms with Crippen molar-refractivity contribution in [3.05, 3.63) is 0 Å². The Bertz CT molecular complexity index is 143. The van der Waals surface area contributed by atoms with E-state index in [1.165, 1.54) is 6.42 Å². The molecular weight excluding hydrogens is 132 g/mol. The number of hydrogen-bond donors (Lipinski definition) is 0. The van der Waals surface area contributed by atoms with Crippen LogP contribution in [0.3, 0.4) is 0 Å². The molecule has 11 heavy (non-hydrogen) atoms. The molecule has 0 atom stereocenters. The zero-order valence-corrected chi connectivity index (χ0v) is 8.86.